The molecule has 0 aliphatic carbocycles. The summed E-state index contributed by atoms with van der Waals surface area (Å²) >= 11 is 0. The molecule has 0 spiro atoms. The van der Waals surface area contributed by atoms with E-state index in [-0.39, 0.29) is 28.1 Å². The molecule has 9 heteroatoms. The summed E-state index contributed by atoms with van der Waals surface area (Å²) < 4.78 is 52.9. The monoisotopic (exact) mass is 455 g/mol. The van der Waals surface area contributed by atoms with Crippen molar-refractivity contribution in [2.24, 2.45) is 0 Å². The third kappa shape index (κ3) is 4.12. The molecule has 0 amide bonds. The van der Waals surface area contributed by atoms with Crippen molar-refractivity contribution in [3.8, 4) is 22.9 Å². The lowest BCUT2D eigenvalue weighted by atomic mass is 10.1. The third-order valence-electron chi connectivity index (χ3n) is 4.98. The number of pyridine rings is 1. The number of hydrogen-bond acceptors (Lipinski definition) is 4. The van der Waals surface area contributed by atoms with E-state index in [1.54, 1.807) is 30.3 Å². The molecule has 168 valence electrons. The van der Waals surface area contributed by atoms with Gasteiger partial charge in [-0.15, -0.1) is 0 Å². The first kappa shape index (κ1) is 21.9. The Morgan fingerprint density at radius 3 is 2.27 bits per heavy atom. The summed E-state index contributed by atoms with van der Waals surface area (Å²) in [6, 6.07) is 15.5. The van der Waals surface area contributed by atoms with E-state index in [0.717, 1.165) is 24.4 Å². The number of carbonyl (C=O) groups is 1. The Kier molecular flexibility index (Phi) is 5.55. The van der Waals surface area contributed by atoms with E-state index in [1.165, 1.54) is 29.9 Å². The predicted molar refractivity (Wildman–Crippen MR) is 115 cm³/mol. The van der Waals surface area contributed by atoms with Gasteiger partial charge in [0.15, 0.2) is 17.2 Å². The van der Waals surface area contributed by atoms with E-state index in [2.05, 4.69) is 0 Å². The molecule has 0 saturated carbocycles. The minimum atomic E-state index is -4.66. The Morgan fingerprint density at radius 2 is 1.61 bits per heavy atom. The largest absolute Gasteiger partial charge is 0.493 e. The van der Waals surface area contributed by atoms with Crippen molar-refractivity contribution in [3.63, 3.8) is 0 Å². The second kappa shape index (κ2) is 8.34. The van der Waals surface area contributed by atoms with Crippen molar-refractivity contribution in [2.45, 2.75) is 6.18 Å². The van der Waals surface area contributed by atoms with Gasteiger partial charge in [0.05, 0.1) is 23.9 Å². The molecule has 0 bridgehead atoms. The first-order valence-corrected chi connectivity index (χ1v) is 9.61. The summed E-state index contributed by atoms with van der Waals surface area (Å²) in [6.45, 7) is 0. The van der Waals surface area contributed by atoms with Crippen LogP contribution in [0.25, 0.3) is 16.6 Å². The number of methoxy groups -OCH3 is 1. The maximum atomic E-state index is 13.5. The number of hydrogen-bond donors (Lipinski definition) is 1. The van der Waals surface area contributed by atoms with E-state index in [9.17, 15) is 27.9 Å². The minimum Gasteiger partial charge on any atom is -0.493 e. The molecule has 33 heavy (non-hydrogen) atoms. The van der Waals surface area contributed by atoms with Crippen LogP contribution in [0.3, 0.4) is 0 Å². The predicted octanol–water partition coefficient (Wildman–Crippen LogP) is 5.51. The van der Waals surface area contributed by atoms with E-state index in [0.29, 0.717) is 5.75 Å². The van der Waals surface area contributed by atoms with E-state index < -0.39 is 28.7 Å². The summed E-state index contributed by atoms with van der Waals surface area (Å²) in [7, 11) is 1.42. The van der Waals surface area contributed by atoms with E-state index in [4.69, 9.17) is 9.47 Å². The molecule has 3 aromatic carbocycles. The van der Waals surface area contributed by atoms with Gasteiger partial charge in [0.25, 0.3) is 0 Å². The van der Waals surface area contributed by atoms with Crippen molar-refractivity contribution in [2.75, 3.05) is 7.11 Å². The standard InChI is InChI=1S/C24H16F3NO5/c1-32-20-8-4-5-9-21(20)33-19-11-10-14(24(25,26)27)12-18(19)28-13-16(23(30)31)22(29)15-6-2-3-7-17(15)28/h2-13H,1H3,(H,30,31). The lowest BCUT2D eigenvalue weighted by Crippen LogP contribution is -2.18. The van der Waals surface area contributed by atoms with Crippen LogP contribution in [-0.4, -0.2) is 22.8 Å². The molecule has 1 aromatic heterocycles. The summed E-state index contributed by atoms with van der Waals surface area (Å²) in [6.07, 6.45) is -3.67. The van der Waals surface area contributed by atoms with Crippen LogP contribution in [-0.2, 0) is 6.18 Å². The van der Waals surface area contributed by atoms with E-state index >= 15 is 0 Å². The fourth-order valence-electron chi connectivity index (χ4n) is 3.42. The average molecular weight is 455 g/mol. The number of rotatable bonds is 5. The molecule has 0 fully saturated rings. The van der Waals surface area contributed by atoms with Gasteiger partial charge in [-0.1, -0.05) is 24.3 Å². The molecule has 0 unspecified atom stereocenters. The molecule has 0 saturated heterocycles. The molecular weight excluding hydrogens is 439 g/mol. The Hall–Kier alpha value is -4.27. The number of aromatic nitrogens is 1. The van der Waals surface area contributed by atoms with Gasteiger partial charge in [-0.05, 0) is 42.5 Å². The zero-order valence-electron chi connectivity index (χ0n) is 17.1. The highest BCUT2D eigenvalue weighted by Gasteiger charge is 2.32. The van der Waals surface area contributed by atoms with Gasteiger partial charge in [0.1, 0.15) is 5.56 Å². The molecule has 0 atom stereocenters. The number of carboxylic acid groups (broad SMARTS) is 1. The molecular formula is C24H16F3NO5. The van der Waals surface area contributed by atoms with Crippen LogP contribution in [0.5, 0.6) is 17.2 Å². The van der Waals surface area contributed by atoms with Gasteiger partial charge >= 0.3 is 12.1 Å². The molecule has 0 aliphatic heterocycles. The average Bonchev–Trinajstić information content (AvgIpc) is 2.79. The Bertz CT molecular complexity index is 1430. The highest BCUT2D eigenvalue weighted by molar-refractivity contribution is 5.93. The number of halogens is 3. The van der Waals surface area contributed by atoms with Crippen LogP contribution in [0.4, 0.5) is 13.2 Å². The number of nitrogens with zero attached hydrogens (tertiary/aromatic N) is 1. The summed E-state index contributed by atoms with van der Waals surface area (Å²) in [4.78, 5) is 24.3. The van der Waals surface area contributed by atoms with Crippen LogP contribution in [0.2, 0.25) is 0 Å². The highest BCUT2D eigenvalue weighted by atomic mass is 19.4. The number of benzene rings is 3. The SMILES string of the molecule is COc1ccccc1Oc1ccc(C(F)(F)F)cc1-n1cc(C(=O)O)c(=O)c2ccccc21. The molecule has 0 radical (unpaired) electrons. The highest BCUT2D eigenvalue weighted by Crippen LogP contribution is 2.39. The van der Waals surface area contributed by atoms with Crippen molar-refractivity contribution >= 4 is 16.9 Å². The molecule has 0 aliphatic rings. The molecule has 1 heterocycles. The third-order valence-corrected chi connectivity index (χ3v) is 4.98. The number of para-hydroxylation sites is 3. The Balaban J connectivity index is 2.04. The first-order valence-electron chi connectivity index (χ1n) is 9.61. The number of fused-ring (bicyclic) bond motifs is 1. The summed E-state index contributed by atoms with van der Waals surface area (Å²) in [5.74, 6) is -0.916. The second-order valence-corrected chi connectivity index (χ2v) is 7.00. The van der Waals surface area contributed by atoms with E-state index in [1.807, 2.05) is 0 Å². The summed E-state index contributed by atoms with van der Waals surface area (Å²) in [5.41, 5.74) is -2.18. The smallest absolute Gasteiger partial charge is 0.416 e. The molecule has 1 N–H and O–H groups in total. The lowest BCUT2D eigenvalue weighted by Gasteiger charge is -2.19. The van der Waals surface area contributed by atoms with Crippen LogP contribution in [0, 0.1) is 0 Å². The maximum absolute atomic E-state index is 13.5. The molecule has 4 rings (SSSR count). The fourth-order valence-corrected chi connectivity index (χ4v) is 3.42. The van der Waals surface area contributed by atoms with Crippen LogP contribution < -0.4 is 14.9 Å². The van der Waals surface area contributed by atoms with Gasteiger partial charge in [0.2, 0.25) is 5.43 Å². The van der Waals surface area contributed by atoms with Crippen LogP contribution in [0.1, 0.15) is 15.9 Å². The quantitative estimate of drug-likeness (QED) is 0.430. The lowest BCUT2D eigenvalue weighted by molar-refractivity contribution is -0.137. The zero-order valence-corrected chi connectivity index (χ0v) is 17.1. The Labute approximate surface area is 185 Å². The van der Waals surface area contributed by atoms with Crippen LogP contribution >= 0.6 is 0 Å². The van der Waals surface area contributed by atoms with Crippen molar-refractivity contribution in [1.29, 1.82) is 0 Å². The Morgan fingerprint density at radius 1 is 0.939 bits per heavy atom. The van der Waals surface area contributed by atoms with Crippen LogP contribution in [0.15, 0.2) is 77.7 Å². The van der Waals surface area contributed by atoms with Gasteiger partial charge in [-0.25, -0.2) is 4.79 Å². The van der Waals surface area contributed by atoms with Crippen molar-refractivity contribution in [3.05, 3.63) is 94.3 Å². The summed E-state index contributed by atoms with van der Waals surface area (Å²) in [5, 5.41) is 9.55. The molecule has 6 nitrogen and oxygen atoms in total. The topological polar surface area (TPSA) is 77.8 Å². The first-order chi connectivity index (χ1) is 15.7. The number of carboxylic acids is 1. The van der Waals surface area contributed by atoms with Gasteiger partial charge in [-0.3, -0.25) is 4.79 Å². The van der Waals surface area contributed by atoms with Crippen molar-refractivity contribution < 1.29 is 32.5 Å². The van der Waals surface area contributed by atoms with Gasteiger partial charge < -0.3 is 19.1 Å². The van der Waals surface area contributed by atoms with Crippen molar-refractivity contribution in [1.82, 2.24) is 4.57 Å². The van der Waals surface area contributed by atoms with Gasteiger partial charge in [-0.2, -0.15) is 13.2 Å². The minimum absolute atomic E-state index is 0.00218. The number of aromatic carboxylic acids is 1. The molecule has 4 aromatic rings. The zero-order chi connectivity index (χ0) is 23.8. The fraction of sp³-hybridized carbons (Fsp3) is 0.0833. The number of alkyl halides is 3. The van der Waals surface area contributed by atoms with Gasteiger partial charge in [0, 0.05) is 11.6 Å². The number of ether oxygens (including phenoxy) is 2. The second-order valence-electron chi connectivity index (χ2n) is 7.00. The normalized spacial score (nSPS) is 11.4. The maximum Gasteiger partial charge on any atom is 0.416 e.